The van der Waals surface area contributed by atoms with Gasteiger partial charge in [-0.15, -0.1) is 0 Å². The number of rotatable bonds is 17. The zero-order chi connectivity index (χ0) is 26.4. The SMILES string of the molecule is CC(C)C(N)C(=O)NC(CCCCN)C(=O)NC(CC(N)=O)C(=O)NC(CCC(=O)O)C(=O)O. The molecular weight excluding hydrogens is 452 g/mol. The van der Waals surface area contributed by atoms with E-state index in [0.717, 1.165) is 0 Å². The molecule has 14 nitrogen and oxygen atoms in total. The first-order valence-corrected chi connectivity index (χ1v) is 10.9. The van der Waals surface area contributed by atoms with Gasteiger partial charge in [0.1, 0.15) is 18.1 Å². The highest BCUT2D eigenvalue weighted by Crippen LogP contribution is 2.06. The minimum Gasteiger partial charge on any atom is -0.481 e. The number of nitrogens with two attached hydrogens (primary N) is 3. The second-order valence-corrected chi connectivity index (χ2v) is 8.18. The lowest BCUT2D eigenvalue weighted by Gasteiger charge is -2.25. The molecular formula is C20H36N6O8. The maximum Gasteiger partial charge on any atom is 0.326 e. The molecule has 0 fully saturated rings. The quantitative estimate of drug-likeness (QED) is 0.0988. The van der Waals surface area contributed by atoms with E-state index in [2.05, 4.69) is 16.0 Å². The van der Waals surface area contributed by atoms with E-state index in [1.807, 2.05) is 0 Å². The van der Waals surface area contributed by atoms with Gasteiger partial charge in [-0.25, -0.2) is 4.79 Å². The Labute approximate surface area is 197 Å². The number of carboxylic acids is 2. The molecule has 4 unspecified atom stereocenters. The van der Waals surface area contributed by atoms with Gasteiger partial charge >= 0.3 is 11.9 Å². The van der Waals surface area contributed by atoms with Crippen LogP contribution in [0.15, 0.2) is 0 Å². The van der Waals surface area contributed by atoms with Gasteiger partial charge < -0.3 is 43.4 Å². The first-order chi connectivity index (χ1) is 15.8. The van der Waals surface area contributed by atoms with E-state index >= 15 is 0 Å². The molecule has 0 aromatic heterocycles. The highest BCUT2D eigenvalue weighted by atomic mass is 16.4. The summed E-state index contributed by atoms with van der Waals surface area (Å²) < 4.78 is 0. The standard InChI is InChI=1S/C20H36N6O8/c1-10(2)16(23)19(32)24-11(5-3-4-8-21)17(30)26-13(9-14(22)27)18(31)25-12(20(33)34)6-7-15(28)29/h10-13,16H,3-9,21,23H2,1-2H3,(H2,22,27)(H,24,32)(H,25,31)(H,26,30)(H,28,29)(H,33,34). The molecule has 194 valence electrons. The van der Waals surface area contributed by atoms with Crippen LogP contribution in [0.3, 0.4) is 0 Å². The number of aliphatic carboxylic acids is 2. The van der Waals surface area contributed by atoms with Gasteiger partial charge in [0.05, 0.1) is 12.5 Å². The van der Waals surface area contributed by atoms with Crippen molar-refractivity contribution in [3.8, 4) is 0 Å². The molecule has 0 aromatic rings. The first kappa shape index (κ1) is 30.7. The van der Waals surface area contributed by atoms with Gasteiger partial charge in [-0.2, -0.15) is 0 Å². The van der Waals surface area contributed by atoms with Crippen molar-refractivity contribution in [3.63, 3.8) is 0 Å². The van der Waals surface area contributed by atoms with Crippen LogP contribution in [-0.4, -0.2) is 76.5 Å². The number of nitrogens with one attached hydrogen (secondary N) is 3. The number of hydrogen-bond acceptors (Lipinski definition) is 8. The van der Waals surface area contributed by atoms with Crippen LogP contribution in [0.4, 0.5) is 0 Å². The smallest absolute Gasteiger partial charge is 0.326 e. The average Bonchev–Trinajstić information content (AvgIpc) is 2.73. The number of carbonyl (C=O) groups is 6. The lowest BCUT2D eigenvalue weighted by Crippen LogP contribution is -2.58. The number of amides is 4. The maximum absolute atomic E-state index is 12.9. The van der Waals surface area contributed by atoms with Crippen molar-refractivity contribution in [2.24, 2.45) is 23.1 Å². The fraction of sp³-hybridized carbons (Fsp3) is 0.700. The van der Waals surface area contributed by atoms with Crippen LogP contribution in [0, 0.1) is 5.92 Å². The second-order valence-electron chi connectivity index (χ2n) is 8.18. The maximum atomic E-state index is 12.9. The topological polar surface area (TPSA) is 257 Å². The van der Waals surface area contributed by atoms with E-state index in [-0.39, 0.29) is 12.3 Å². The van der Waals surface area contributed by atoms with Crippen molar-refractivity contribution >= 4 is 35.6 Å². The Morgan fingerprint density at radius 1 is 0.794 bits per heavy atom. The van der Waals surface area contributed by atoms with Gasteiger partial charge in [0.2, 0.25) is 23.6 Å². The van der Waals surface area contributed by atoms with Crippen LogP contribution in [0.25, 0.3) is 0 Å². The Morgan fingerprint density at radius 3 is 1.79 bits per heavy atom. The summed E-state index contributed by atoms with van der Waals surface area (Å²) >= 11 is 0. The lowest BCUT2D eigenvalue weighted by molar-refractivity contribution is -0.143. The van der Waals surface area contributed by atoms with Gasteiger partial charge in [-0.3, -0.25) is 24.0 Å². The third-order valence-corrected chi connectivity index (χ3v) is 4.90. The van der Waals surface area contributed by atoms with Gasteiger partial charge in [-0.05, 0) is 38.1 Å². The Morgan fingerprint density at radius 2 is 1.32 bits per heavy atom. The fourth-order valence-corrected chi connectivity index (χ4v) is 2.81. The Bertz CT molecular complexity index is 745. The summed E-state index contributed by atoms with van der Waals surface area (Å²) in [5.41, 5.74) is 16.5. The van der Waals surface area contributed by atoms with Gasteiger partial charge in [0, 0.05) is 6.42 Å². The van der Waals surface area contributed by atoms with Gasteiger partial charge in [0.25, 0.3) is 0 Å². The van der Waals surface area contributed by atoms with Crippen molar-refractivity contribution in [2.75, 3.05) is 6.54 Å². The number of hydrogen-bond donors (Lipinski definition) is 8. The monoisotopic (exact) mass is 488 g/mol. The predicted molar refractivity (Wildman–Crippen MR) is 120 cm³/mol. The Kier molecular flexibility index (Phi) is 14.1. The molecule has 14 heteroatoms. The highest BCUT2D eigenvalue weighted by molar-refractivity contribution is 5.96. The van der Waals surface area contributed by atoms with Gasteiger partial charge in [-0.1, -0.05) is 13.8 Å². The molecule has 4 atom stereocenters. The molecule has 0 radical (unpaired) electrons. The zero-order valence-electron chi connectivity index (χ0n) is 19.4. The molecule has 0 rings (SSSR count). The van der Waals surface area contributed by atoms with Crippen LogP contribution in [0.5, 0.6) is 0 Å². The summed E-state index contributed by atoms with van der Waals surface area (Å²) in [6.45, 7) is 3.81. The number of carboxylic acid groups (broad SMARTS) is 2. The first-order valence-electron chi connectivity index (χ1n) is 10.9. The van der Waals surface area contributed by atoms with Gasteiger partial charge in [0.15, 0.2) is 0 Å². The molecule has 0 aliphatic rings. The Balaban J connectivity index is 5.53. The molecule has 4 amide bonds. The second kappa shape index (κ2) is 15.6. The number of primary amides is 1. The Hall–Kier alpha value is -3.26. The van der Waals surface area contributed by atoms with E-state index < -0.39 is 79.0 Å². The molecule has 11 N–H and O–H groups in total. The molecule has 0 saturated carbocycles. The highest BCUT2D eigenvalue weighted by Gasteiger charge is 2.31. The summed E-state index contributed by atoms with van der Waals surface area (Å²) in [7, 11) is 0. The van der Waals surface area contributed by atoms with Crippen LogP contribution in [-0.2, 0) is 28.8 Å². The summed E-state index contributed by atoms with van der Waals surface area (Å²) in [6.07, 6.45) is -0.410. The zero-order valence-corrected chi connectivity index (χ0v) is 19.4. The molecule has 0 saturated heterocycles. The van der Waals surface area contributed by atoms with E-state index in [9.17, 15) is 33.9 Å². The summed E-state index contributed by atoms with van der Waals surface area (Å²) in [4.78, 5) is 71.4. The van der Waals surface area contributed by atoms with Crippen molar-refractivity contribution in [2.45, 2.75) is 76.5 Å². The van der Waals surface area contributed by atoms with E-state index in [1.54, 1.807) is 13.8 Å². The van der Waals surface area contributed by atoms with E-state index in [0.29, 0.717) is 19.4 Å². The van der Waals surface area contributed by atoms with E-state index in [4.69, 9.17) is 22.3 Å². The predicted octanol–water partition coefficient (Wildman–Crippen LogP) is -2.62. The third kappa shape index (κ3) is 12.1. The molecule has 34 heavy (non-hydrogen) atoms. The van der Waals surface area contributed by atoms with Crippen LogP contribution in [0.2, 0.25) is 0 Å². The van der Waals surface area contributed by atoms with Crippen molar-refractivity contribution in [3.05, 3.63) is 0 Å². The molecule has 0 aromatic carbocycles. The van der Waals surface area contributed by atoms with Crippen LogP contribution < -0.4 is 33.2 Å². The summed E-state index contributed by atoms with van der Waals surface area (Å²) in [6, 6.07) is -5.11. The third-order valence-electron chi connectivity index (χ3n) is 4.90. The minimum absolute atomic E-state index is 0.168. The number of carbonyl (C=O) groups excluding carboxylic acids is 4. The number of unbranched alkanes of at least 4 members (excludes halogenated alkanes) is 1. The van der Waals surface area contributed by atoms with Crippen molar-refractivity contribution in [1.82, 2.24) is 16.0 Å². The molecule has 0 spiro atoms. The van der Waals surface area contributed by atoms with Crippen LogP contribution in [0.1, 0.15) is 52.4 Å². The molecule has 0 heterocycles. The van der Waals surface area contributed by atoms with Crippen molar-refractivity contribution in [1.29, 1.82) is 0 Å². The normalized spacial score (nSPS) is 14.4. The minimum atomic E-state index is -1.57. The summed E-state index contributed by atoms with van der Waals surface area (Å²) in [5, 5.41) is 24.9. The lowest BCUT2D eigenvalue weighted by atomic mass is 10.0. The fourth-order valence-electron chi connectivity index (χ4n) is 2.81. The molecule has 0 bridgehead atoms. The molecule has 0 aliphatic heterocycles. The van der Waals surface area contributed by atoms with Crippen LogP contribution >= 0.6 is 0 Å². The average molecular weight is 489 g/mol. The van der Waals surface area contributed by atoms with E-state index in [1.165, 1.54) is 0 Å². The molecule has 0 aliphatic carbocycles. The largest absolute Gasteiger partial charge is 0.481 e. The van der Waals surface area contributed by atoms with Crippen molar-refractivity contribution < 1.29 is 39.0 Å². The summed E-state index contributed by atoms with van der Waals surface area (Å²) in [5.74, 6) is -6.36.